The highest BCUT2D eigenvalue weighted by atomic mass is 16.5. The molecule has 0 bridgehead atoms. The molecule has 0 spiro atoms. The zero-order valence-electron chi connectivity index (χ0n) is 14.0. The third-order valence-electron chi connectivity index (χ3n) is 5.36. The van der Waals surface area contributed by atoms with E-state index in [9.17, 15) is 9.90 Å². The van der Waals surface area contributed by atoms with Gasteiger partial charge in [0, 0.05) is 6.42 Å². The quantitative estimate of drug-likeness (QED) is 0.629. The Morgan fingerprint density at radius 1 is 1.25 bits per heavy atom. The van der Waals surface area contributed by atoms with Crippen molar-refractivity contribution in [3.8, 4) is 17.3 Å². The van der Waals surface area contributed by atoms with E-state index in [0.29, 0.717) is 6.54 Å². The Morgan fingerprint density at radius 3 is 2.75 bits per heavy atom. The Kier molecular flexibility index (Phi) is 3.79. The molecule has 2 heterocycles. The largest absolute Gasteiger partial charge is 0.839 e. The highest BCUT2D eigenvalue weighted by Crippen LogP contribution is 2.35. The summed E-state index contributed by atoms with van der Waals surface area (Å²) >= 11 is 0. The van der Waals surface area contributed by atoms with E-state index in [4.69, 9.17) is 4.74 Å². The van der Waals surface area contributed by atoms with Crippen LogP contribution in [0.2, 0.25) is 0 Å². The zero-order chi connectivity index (χ0) is 16.7. The van der Waals surface area contributed by atoms with Crippen LogP contribution in [0.1, 0.15) is 54.2 Å². The zero-order valence-corrected chi connectivity index (χ0v) is 14.0. The van der Waals surface area contributed by atoms with Crippen LogP contribution in [0.15, 0.2) is 24.3 Å². The van der Waals surface area contributed by atoms with Crippen molar-refractivity contribution in [2.45, 2.75) is 51.1 Å². The van der Waals surface area contributed by atoms with Gasteiger partial charge in [-0.25, -0.2) is 13.9 Å². The van der Waals surface area contributed by atoms with E-state index < -0.39 is 5.97 Å². The predicted molar refractivity (Wildman–Crippen MR) is 86.7 cm³/mol. The van der Waals surface area contributed by atoms with E-state index in [-0.39, 0.29) is 17.6 Å². The van der Waals surface area contributed by atoms with Gasteiger partial charge in [0.25, 0.3) is 5.82 Å². The maximum Gasteiger partial charge on any atom is 0.381 e. The van der Waals surface area contributed by atoms with Gasteiger partial charge in [0.1, 0.15) is 11.9 Å². The van der Waals surface area contributed by atoms with Crippen molar-refractivity contribution in [3.05, 3.63) is 35.5 Å². The third kappa shape index (κ3) is 2.22. The molecule has 1 aliphatic heterocycles. The monoisotopic (exact) mass is 326 g/mol. The average molecular weight is 326 g/mol. The molecule has 1 fully saturated rings. The molecule has 0 amide bonds. The lowest BCUT2D eigenvalue weighted by Crippen LogP contribution is -2.44. The van der Waals surface area contributed by atoms with Crippen molar-refractivity contribution in [3.63, 3.8) is 0 Å². The summed E-state index contributed by atoms with van der Waals surface area (Å²) in [6, 6.07) is 8.37. The molecule has 24 heavy (non-hydrogen) atoms. The Hall–Kier alpha value is -2.30. The molecule has 4 rings (SSSR count). The van der Waals surface area contributed by atoms with Crippen molar-refractivity contribution in [1.82, 2.24) is 4.57 Å². The molecule has 0 N–H and O–H groups in total. The number of hydrogen-bond acceptors (Lipinski definition) is 3. The number of nitrogens with zero attached hydrogens (tertiary/aromatic N) is 2. The average Bonchev–Trinajstić information content (AvgIpc) is 2.94. The predicted octanol–water partition coefficient (Wildman–Crippen LogP) is 2.36. The summed E-state index contributed by atoms with van der Waals surface area (Å²) in [5.41, 5.74) is 2.48. The van der Waals surface area contributed by atoms with Crippen LogP contribution < -0.4 is 9.67 Å². The lowest BCUT2D eigenvalue weighted by Gasteiger charge is -2.24. The number of esters is 1. The lowest BCUT2D eigenvalue weighted by molar-refractivity contribution is -0.749. The molecule has 1 aromatic heterocycles. The van der Waals surface area contributed by atoms with E-state index in [0.717, 1.165) is 43.5 Å². The molecule has 1 aromatic carbocycles. The van der Waals surface area contributed by atoms with Gasteiger partial charge in [0.15, 0.2) is 0 Å². The number of methoxy groups -OCH3 is 1. The van der Waals surface area contributed by atoms with Gasteiger partial charge in [0.05, 0.1) is 19.2 Å². The number of benzene rings is 1. The number of carbonyl (C=O) groups excluding carboxylic acids is 1. The van der Waals surface area contributed by atoms with Gasteiger partial charge >= 0.3 is 5.97 Å². The number of carbonyl (C=O) groups is 1. The maximum absolute atomic E-state index is 13.1. The van der Waals surface area contributed by atoms with Crippen LogP contribution in [0.5, 0.6) is 5.88 Å². The SMILES string of the molecule is COC(=O)c1c([O-])[n+](C2CCCCC2)c2n1CCc1ccccc1-2. The van der Waals surface area contributed by atoms with Crippen molar-refractivity contribution in [1.29, 1.82) is 0 Å². The summed E-state index contributed by atoms with van der Waals surface area (Å²) in [5, 5.41) is 13.1. The molecule has 5 nitrogen and oxygen atoms in total. The summed E-state index contributed by atoms with van der Waals surface area (Å²) in [6.07, 6.45) is 6.32. The normalized spacial score (nSPS) is 17.2. The molecule has 1 aliphatic carbocycles. The van der Waals surface area contributed by atoms with Gasteiger partial charge in [-0.2, -0.15) is 0 Å². The molecule has 2 aromatic rings. The number of aromatic nitrogens is 2. The standard InChI is InChI=1S/C19H22N2O3/c1-24-19(23)16-18(22)21(14-8-3-2-4-9-14)17-15-10-6-5-7-13(15)11-12-20(16)17/h5-7,10,14H,2-4,8-9,11-12H2,1H3. The second-order valence-corrected chi connectivity index (χ2v) is 6.69. The van der Waals surface area contributed by atoms with E-state index in [1.807, 2.05) is 21.3 Å². The Labute approximate surface area is 141 Å². The highest BCUT2D eigenvalue weighted by Gasteiger charge is 2.38. The lowest BCUT2D eigenvalue weighted by atomic mass is 9.94. The number of hydrogen-bond donors (Lipinski definition) is 0. The fourth-order valence-corrected chi connectivity index (χ4v) is 4.22. The molecule has 5 heteroatoms. The fraction of sp³-hybridized carbons (Fsp3) is 0.474. The topological polar surface area (TPSA) is 58.2 Å². The van der Waals surface area contributed by atoms with Crippen LogP contribution >= 0.6 is 0 Å². The molecule has 0 unspecified atom stereocenters. The van der Waals surface area contributed by atoms with Crippen molar-refractivity contribution in [2.75, 3.05) is 7.11 Å². The molecule has 0 radical (unpaired) electrons. The van der Waals surface area contributed by atoms with Gasteiger partial charge in [-0.3, -0.25) is 0 Å². The number of imidazole rings is 1. The minimum Gasteiger partial charge on any atom is -0.839 e. The fourth-order valence-electron chi connectivity index (χ4n) is 4.22. The van der Waals surface area contributed by atoms with Crippen molar-refractivity contribution in [2.24, 2.45) is 0 Å². The van der Waals surface area contributed by atoms with Gasteiger partial charge in [-0.1, -0.05) is 24.6 Å². The smallest absolute Gasteiger partial charge is 0.381 e. The van der Waals surface area contributed by atoms with Crippen LogP contribution in [0.3, 0.4) is 0 Å². The minimum absolute atomic E-state index is 0.174. The molecular weight excluding hydrogens is 304 g/mol. The van der Waals surface area contributed by atoms with E-state index >= 15 is 0 Å². The van der Waals surface area contributed by atoms with Gasteiger partial charge in [-0.15, -0.1) is 0 Å². The molecule has 1 saturated carbocycles. The third-order valence-corrected chi connectivity index (χ3v) is 5.36. The second kappa shape index (κ2) is 5.96. The van der Waals surface area contributed by atoms with Crippen LogP contribution in [0.4, 0.5) is 0 Å². The molecule has 126 valence electrons. The van der Waals surface area contributed by atoms with E-state index in [2.05, 4.69) is 12.1 Å². The van der Waals surface area contributed by atoms with Crippen LogP contribution in [0, 0.1) is 0 Å². The van der Waals surface area contributed by atoms with Crippen LogP contribution in [-0.4, -0.2) is 17.6 Å². The number of rotatable bonds is 2. The molecular formula is C19H22N2O3. The first-order chi connectivity index (χ1) is 11.7. The Balaban J connectivity index is 1.96. The molecule has 0 atom stereocenters. The Bertz CT molecular complexity index is 788. The number of aryl methyl sites for hydroxylation is 1. The summed E-state index contributed by atoms with van der Waals surface area (Å²) < 4.78 is 8.66. The van der Waals surface area contributed by atoms with Crippen molar-refractivity contribution >= 4 is 5.97 Å². The van der Waals surface area contributed by atoms with Gasteiger partial charge in [-0.05, 0) is 37.3 Å². The summed E-state index contributed by atoms with van der Waals surface area (Å²) in [4.78, 5) is 12.3. The highest BCUT2D eigenvalue weighted by molar-refractivity contribution is 5.90. The maximum atomic E-state index is 13.1. The summed E-state index contributed by atoms with van der Waals surface area (Å²) in [6.45, 7) is 0.645. The second-order valence-electron chi connectivity index (χ2n) is 6.69. The summed E-state index contributed by atoms with van der Waals surface area (Å²) in [5.74, 6) is 0.157. The molecule has 0 saturated heterocycles. The van der Waals surface area contributed by atoms with Gasteiger partial charge < -0.3 is 9.84 Å². The Morgan fingerprint density at radius 2 is 2.00 bits per heavy atom. The number of ether oxygens (including phenoxy) is 1. The first-order valence-corrected chi connectivity index (χ1v) is 8.74. The van der Waals surface area contributed by atoms with Crippen LogP contribution in [-0.2, 0) is 17.7 Å². The van der Waals surface area contributed by atoms with Crippen LogP contribution in [0.25, 0.3) is 11.4 Å². The van der Waals surface area contributed by atoms with E-state index in [1.54, 1.807) is 0 Å². The minimum atomic E-state index is -0.532. The summed E-state index contributed by atoms with van der Waals surface area (Å²) in [7, 11) is 1.34. The number of fused-ring (bicyclic) bond motifs is 3. The van der Waals surface area contributed by atoms with E-state index in [1.165, 1.54) is 19.1 Å². The van der Waals surface area contributed by atoms with Crippen molar-refractivity contribution < 1.29 is 19.2 Å². The van der Waals surface area contributed by atoms with Gasteiger partial charge in [0.2, 0.25) is 5.69 Å². The first-order valence-electron chi connectivity index (χ1n) is 8.74. The first kappa shape index (κ1) is 15.2. The molecule has 2 aliphatic rings.